The molecule has 2 rings (SSSR count). The molecule has 5 heteroatoms. The molecule has 1 aromatic rings. The molecular formula is C16H26N2O2S. The van der Waals surface area contributed by atoms with Crippen molar-refractivity contribution < 1.29 is 8.42 Å². The van der Waals surface area contributed by atoms with Crippen molar-refractivity contribution in [1.29, 1.82) is 0 Å². The monoisotopic (exact) mass is 310 g/mol. The fourth-order valence-electron chi connectivity index (χ4n) is 2.49. The second-order valence-electron chi connectivity index (χ2n) is 5.93. The van der Waals surface area contributed by atoms with Gasteiger partial charge in [-0.1, -0.05) is 13.0 Å². The summed E-state index contributed by atoms with van der Waals surface area (Å²) in [5.74, 6) is 0.563. The Morgan fingerprint density at radius 1 is 1.33 bits per heavy atom. The SMILES string of the molecule is CCCN(CC1CC1)S(=O)(=O)c1ccc(C)c(CNC)c1. The van der Waals surface area contributed by atoms with Crippen molar-refractivity contribution >= 4 is 10.0 Å². The van der Waals surface area contributed by atoms with Gasteiger partial charge in [0.15, 0.2) is 0 Å². The number of hydrogen-bond donors (Lipinski definition) is 1. The summed E-state index contributed by atoms with van der Waals surface area (Å²) in [6.07, 6.45) is 3.17. The van der Waals surface area contributed by atoms with E-state index >= 15 is 0 Å². The number of hydrogen-bond acceptors (Lipinski definition) is 3. The lowest BCUT2D eigenvalue weighted by Gasteiger charge is -2.22. The van der Waals surface area contributed by atoms with Crippen molar-refractivity contribution in [2.24, 2.45) is 5.92 Å². The van der Waals surface area contributed by atoms with Gasteiger partial charge in [0, 0.05) is 19.6 Å². The van der Waals surface area contributed by atoms with Crippen LogP contribution in [0.25, 0.3) is 0 Å². The van der Waals surface area contributed by atoms with Crippen LogP contribution in [0.2, 0.25) is 0 Å². The van der Waals surface area contributed by atoms with Crippen molar-refractivity contribution in [3.63, 3.8) is 0 Å². The molecule has 0 aliphatic heterocycles. The average Bonchev–Trinajstić information content (AvgIpc) is 3.25. The largest absolute Gasteiger partial charge is 0.316 e. The number of nitrogens with zero attached hydrogens (tertiary/aromatic N) is 1. The lowest BCUT2D eigenvalue weighted by atomic mass is 10.1. The maximum atomic E-state index is 12.9. The molecule has 1 saturated carbocycles. The Labute approximate surface area is 128 Å². The van der Waals surface area contributed by atoms with E-state index in [2.05, 4.69) is 5.32 Å². The Morgan fingerprint density at radius 2 is 2.05 bits per heavy atom. The lowest BCUT2D eigenvalue weighted by Crippen LogP contribution is -2.33. The van der Waals surface area contributed by atoms with Gasteiger partial charge in [0.05, 0.1) is 4.90 Å². The molecule has 1 aromatic carbocycles. The minimum Gasteiger partial charge on any atom is -0.316 e. The Hall–Kier alpha value is -0.910. The van der Waals surface area contributed by atoms with E-state index in [1.165, 1.54) is 0 Å². The third-order valence-corrected chi connectivity index (χ3v) is 5.82. The molecule has 0 unspecified atom stereocenters. The third kappa shape index (κ3) is 4.05. The molecule has 1 fully saturated rings. The first kappa shape index (κ1) is 16.5. The molecule has 21 heavy (non-hydrogen) atoms. The zero-order chi connectivity index (χ0) is 15.5. The van der Waals surface area contributed by atoms with Crippen molar-refractivity contribution in [2.75, 3.05) is 20.1 Å². The number of nitrogens with one attached hydrogen (secondary N) is 1. The van der Waals surface area contributed by atoms with Crippen LogP contribution in [0.3, 0.4) is 0 Å². The van der Waals surface area contributed by atoms with Crippen LogP contribution in [0.5, 0.6) is 0 Å². The zero-order valence-corrected chi connectivity index (χ0v) is 14.0. The molecule has 0 radical (unpaired) electrons. The quantitative estimate of drug-likeness (QED) is 0.802. The van der Waals surface area contributed by atoms with E-state index < -0.39 is 10.0 Å². The summed E-state index contributed by atoms with van der Waals surface area (Å²) in [4.78, 5) is 0.424. The molecule has 0 bridgehead atoms. The Morgan fingerprint density at radius 3 is 2.62 bits per heavy atom. The third-order valence-electron chi connectivity index (χ3n) is 3.96. The molecule has 0 amide bonds. The van der Waals surface area contributed by atoms with E-state index in [1.54, 1.807) is 10.4 Å². The standard InChI is InChI=1S/C16H26N2O2S/c1-4-9-18(12-14-6-7-14)21(19,20)16-8-5-13(2)15(10-16)11-17-3/h5,8,10,14,17H,4,6-7,9,11-12H2,1-3H3. The first-order valence-corrected chi connectivity index (χ1v) is 9.17. The highest BCUT2D eigenvalue weighted by Crippen LogP contribution is 2.32. The highest BCUT2D eigenvalue weighted by Gasteiger charge is 2.31. The second-order valence-corrected chi connectivity index (χ2v) is 7.86. The number of rotatable bonds is 8. The van der Waals surface area contributed by atoms with Crippen LogP contribution in [0, 0.1) is 12.8 Å². The summed E-state index contributed by atoms with van der Waals surface area (Å²) < 4.78 is 27.4. The summed E-state index contributed by atoms with van der Waals surface area (Å²) >= 11 is 0. The van der Waals surface area contributed by atoms with Crippen LogP contribution in [-0.2, 0) is 16.6 Å². The number of aryl methyl sites for hydroxylation is 1. The highest BCUT2D eigenvalue weighted by molar-refractivity contribution is 7.89. The van der Waals surface area contributed by atoms with Crippen LogP contribution in [0.4, 0.5) is 0 Å². The molecule has 0 aromatic heterocycles. The summed E-state index contributed by atoms with van der Waals surface area (Å²) in [7, 11) is -1.50. The van der Waals surface area contributed by atoms with E-state index in [-0.39, 0.29) is 0 Å². The van der Waals surface area contributed by atoms with Crippen LogP contribution in [0.15, 0.2) is 23.1 Å². The van der Waals surface area contributed by atoms with Gasteiger partial charge in [-0.25, -0.2) is 8.42 Å². The molecule has 1 aliphatic rings. The fourth-order valence-corrected chi connectivity index (χ4v) is 4.15. The molecular weight excluding hydrogens is 284 g/mol. The van der Waals surface area contributed by atoms with E-state index in [1.807, 2.05) is 33.0 Å². The van der Waals surface area contributed by atoms with Gasteiger partial charge in [-0.05, 0) is 62.4 Å². The predicted octanol–water partition coefficient (Wildman–Crippen LogP) is 2.53. The maximum Gasteiger partial charge on any atom is 0.243 e. The average molecular weight is 310 g/mol. The fraction of sp³-hybridized carbons (Fsp3) is 0.625. The van der Waals surface area contributed by atoms with Crippen molar-refractivity contribution in [1.82, 2.24) is 9.62 Å². The topological polar surface area (TPSA) is 49.4 Å². The van der Waals surface area contributed by atoms with Gasteiger partial charge in [-0.15, -0.1) is 0 Å². The second kappa shape index (κ2) is 6.90. The van der Waals surface area contributed by atoms with Crippen molar-refractivity contribution in [3.8, 4) is 0 Å². The van der Waals surface area contributed by atoms with Crippen molar-refractivity contribution in [2.45, 2.75) is 44.6 Å². The Balaban J connectivity index is 2.29. The molecule has 1 aliphatic carbocycles. The van der Waals surface area contributed by atoms with E-state index in [0.29, 0.717) is 30.4 Å². The van der Waals surface area contributed by atoms with Gasteiger partial charge in [0.25, 0.3) is 0 Å². The maximum absolute atomic E-state index is 12.9. The molecule has 0 spiro atoms. The van der Waals surface area contributed by atoms with Gasteiger partial charge < -0.3 is 5.32 Å². The molecule has 0 saturated heterocycles. The van der Waals surface area contributed by atoms with Crippen LogP contribution < -0.4 is 5.32 Å². The smallest absolute Gasteiger partial charge is 0.243 e. The van der Waals surface area contributed by atoms with Gasteiger partial charge in [0.2, 0.25) is 10.0 Å². The zero-order valence-electron chi connectivity index (χ0n) is 13.2. The summed E-state index contributed by atoms with van der Waals surface area (Å²) in [5.41, 5.74) is 2.16. The Kier molecular flexibility index (Phi) is 5.41. The normalized spacial score (nSPS) is 15.6. The number of benzene rings is 1. The predicted molar refractivity (Wildman–Crippen MR) is 85.7 cm³/mol. The molecule has 118 valence electrons. The van der Waals surface area contributed by atoms with Gasteiger partial charge in [-0.3, -0.25) is 0 Å². The minimum absolute atomic E-state index is 0.424. The molecule has 1 N–H and O–H groups in total. The van der Waals surface area contributed by atoms with Gasteiger partial charge in [0.1, 0.15) is 0 Å². The highest BCUT2D eigenvalue weighted by atomic mass is 32.2. The molecule has 0 atom stereocenters. The summed E-state index contributed by atoms with van der Waals surface area (Å²) in [6, 6.07) is 5.46. The van der Waals surface area contributed by atoms with Crippen LogP contribution in [0.1, 0.15) is 37.3 Å². The summed E-state index contributed by atoms with van der Waals surface area (Å²) in [6.45, 7) is 6.00. The van der Waals surface area contributed by atoms with Crippen molar-refractivity contribution in [3.05, 3.63) is 29.3 Å². The number of sulfonamides is 1. The van der Waals surface area contributed by atoms with Crippen LogP contribution in [-0.4, -0.2) is 32.9 Å². The molecule has 0 heterocycles. The minimum atomic E-state index is -3.37. The van der Waals surface area contributed by atoms with E-state index in [0.717, 1.165) is 30.4 Å². The summed E-state index contributed by atoms with van der Waals surface area (Å²) in [5, 5.41) is 3.09. The van der Waals surface area contributed by atoms with Crippen LogP contribution >= 0.6 is 0 Å². The Bertz CT molecular complexity index is 580. The molecule has 4 nitrogen and oxygen atoms in total. The van der Waals surface area contributed by atoms with Gasteiger partial charge in [-0.2, -0.15) is 4.31 Å². The van der Waals surface area contributed by atoms with E-state index in [4.69, 9.17) is 0 Å². The lowest BCUT2D eigenvalue weighted by molar-refractivity contribution is 0.395. The van der Waals surface area contributed by atoms with E-state index in [9.17, 15) is 8.42 Å². The first-order valence-electron chi connectivity index (χ1n) is 7.73. The first-order chi connectivity index (χ1) is 9.98. The van der Waals surface area contributed by atoms with Gasteiger partial charge >= 0.3 is 0 Å².